The predicted molar refractivity (Wildman–Crippen MR) is 121 cm³/mol. The van der Waals surface area contributed by atoms with Gasteiger partial charge in [-0.25, -0.2) is 4.39 Å². The molecule has 0 bridgehead atoms. The minimum Gasteiger partial charge on any atom is -0.394 e. The molecule has 5 rings (SSSR count). The molecule has 168 valence electrons. The van der Waals surface area contributed by atoms with E-state index in [1.807, 2.05) is 17.0 Å². The Kier molecular flexibility index (Phi) is 5.46. The van der Waals surface area contributed by atoms with Gasteiger partial charge in [0.25, 0.3) is 5.91 Å². The first-order valence-corrected chi connectivity index (χ1v) is 11.4. The summed E-state index contributed by atoms with van der Waals surface area (Å²) in [5, 5.41) is 20.0. The number of amides is 1. The van der Waals surface area contributed by atoms with Gasteiger partial charge in [0, 0.05) is 18.8 Å². The zero-order valence-electron chi connectivity index (χ0n) is 17.3. The fourth-order valence-corrected chi connectivity index (χ4v) is 4.19. The zero-order valence-corrected chi connectivity index (χ0v) is 18.8. The molecule has 1 aromatic carbocycles. The van der Waals surface area contributed by atoms with E-state index < -0.39 is 11.6 Å². The Morgan fingerprint density at radius 3 is 2.78 bits per heavy atom. The number of aliphatic hydroxyl groups excluding tert-OH is 1. The number of hydrogen-bond acceptors (Lipinski definition) is 7. The van der Waals surface area contributed by atoms with Crippen molar-refractivity contribution in [3.63, 3.8) is 0 Å². The van der Waals surface area contributed by atoms with Crippen LogP contribution in [0.2, 0.25) is 0 Å². The number of carbonyl (C=O) groups is 1. The summed E-state index contributed by atoms with van der Waals surface area (Å²) in [6, 6.07) is 7.24. The first-order valence-electron chi connectivity index (χ1n) is 10.6. The Balaban J connectivity index is 1.33. The van der Waals surface area contributed by atoms with Crippen molar-refractivity contribution in [2.75, 3.05) is 28.7 Å². The van der Waals surface area contributed by atoms with E-state index in [1.165, 1.54) is 0 Å². The fraction of sp³-hybridized carbons (Fsp3) is 0.429. The van der Waals surface area contributed by atoms with Gasteiger partial charge in [0.1, 0.15) is 0 Å². The highest BCUT2D eigenvalue weighted by Crippen LogP contribution is 2.40. The van der Waals surface area contributed by atoms with Crippen molar-refractivity contribution in [2.24, 2.45) is 0 Å². The molecule has 2 aliphatic rings. The molecule has 11 heteroatoms. The minimum atomic E-state index is -1.70. The van der Waals surface area contributed by atoms with Gasteiger partial charge in [-0.1, -0.05) is 12.1 Å². The summed E-state index contributed by atoms with van der Waals surface area (Å²) >= 11 is 3.49. The summed E-state index contributed by atoms with van der Waals surface area (Å²) in [7, 11) is 0. The van der Waals surface area contributed by atoms with Crippen LogP contribution in [0.3, 0.4) is 0 Å². The molecule has 0 unspecified atom stereocenters. The average Bonchev–Trinajstić information content (AvgIpc) is 3.21. The van der Waals surface area contributed by atoms with E-state index >= 15 is 0 Å². The van der Waals surface area contributed by atoms with E-state index in [0.717, 1.165) is 29.4 Å². The molecular weight excluding hydrogens is 481 g/mol. The Morgan fingerprint density at radius 1 is 1.28 bits per heavy atom. The Morgan fingerprint density at radius 2 is 2.06 bits per heavy atom. The van der Waals surface area contributed by atoms with Crippen molar-refractivity contribution >= 4 is 45.1 Å². The lowest BCUT2D eigenvalue weighted by molar-refractivity contribution is -0.122. The first kappa shape index (κ1) is 21.1. The molecule has 1 atom stereocenters. The number of aliphatic hydroxyl groups is 1. The zero-order chi connectivity index (χ0) is 22.3. The molecule has 32 heavy (non-hydrogen) atoms. The normalized spacial score (nSPS) is 19.3. The third-order valence-electron chi connectivity index (χ3n) is 5.92. The van der Waals surface area contributed by atoms with Crippen LogP contribution in [0.1, 0.15) is 31.2 Å². The fourth-order valence-electron chi connectivity index (χ4n) is 3.84. The number of nitrogens with one attached hydrogen (secondary N) is 2. The first-order chi connectivity index (χ1) is 15.5. The molecule has 1 saturated heterocycles. The van der Waals surface area contributed by atoms with Gasteiger partial charge in [0.2, 0.25) is 11.9 Å². The van der Waals surface area contributed by atoms with E-state index in [0.29, 0.717) is 29.8 Å². The minimum absolute atomic E-state index is 0.00819. The third-order valence-corrected chi connectivity index (χ3v) is 6.48. The maximum Gasteiger partial charge on any atom is 0.262 e. The molecule has 1 aliphatic heterocycles. The standard InChI is InChI=1S/C21H23BrFN7O2/c22-16-11-25-30-17(16)27-20(29-9-1-2-15(29)12-31)28-19(30)24-10-13-3-5-14(6-4-13)26-18(32)21(23)7-8-21/h3-6,11,15,31H,1-2,7-10,12H2,(H,26,32)(H,24,27,28)/t15-/m1/s1. The van der Waals surface area contributed by atoms with E-state index in [9.17, 15) is 14.3 Å². The van der Waals surface area contributed by atoms with Crippen LogP contribution < -0.4 is 15.5 Å². The summed E-state index contributed by atoms with van der Waals surface area (Å²) < 4.78 is 16.2. The van der Waals surface area contributed by atoms with E-state index in [1.54, 1.807) is 22.8 Å². The van der Waals surface area contributed by atoms with Crippen molar-refractivity contribution in [3.8, 4) is 0 Å². The van der Waals surface area contributed by atoms with Crippen molar-refractivity contribution in [1.29, 1.82) is 0 Å². The van der Waals surface area contributed by atoms with Crippen molar-refractivity contribution in [3.05, 3.63) is 40.5 Å². The molecule has 3 N–H and O–H groups in total. The van der Waals surface area contributed by atoms with Gasteiger partial charge >= 0.3 is 0 Å². The molecule has 0 spiro atoms. The quantitative estimate of drug-likeness (QED) is 0.454. The van der Waals surface area contributed by atoms with Crippen LogP contribution in [0.5, 0.6) is 0 Å². The number of nitrogens with zero attached hydrogens (tertiary/aromatic N) is 5. The predicted octanol–water partition coefficient (Wildman–Crippen LogP) is 2.90. The van der Waals surface area contributed by atoms with Gasteiger partial charge in [0.05, 0.1) is 23.3 Å². The SMILES string of the molecule is O=C(Nc1ccc(CNc2nc(N3CCC[C@@H]3CO)nc3c(Br)cnn23)cc1)C1(F)CC1. The number of fused-ring (bicyclic) bond motifs is 1. The van der Waals surface area contributed by atoms with Crippen LogP contribution in [0.4, 0.5) is 22.0 Å². The number of carbonyl (C=O) groups excluding carboxylic acids is 1. The summed E-state index contributed by atoms with van der Waals surface area (Å²) in [6.07, 6.45) is 4.13. The second-order valence-corrected chi connectivity index (χ2v) is 9.07. The van der Waals surface area contributed by atoms with Crippen molar-refractivity contribution in [1.82, 2.24) is 19.6 Å². The number of hydrogen-bond donors (Lipinski definition) is 3. The lowest BCUT2D eigenvalue weighted by Gasteiger charge is -2.23. The van der Waals surface area contributed by atoms with Gasteiger partial charge in [-0.15, -0.1) is 0 Å². The number of anilines is 3. The molecule has 2 aromatic heterocycles. The molecule has 1 amide bonds. The van der Waals surface area contributed by atoms with Crippen LogP contribution in [0.25, 0.3) is 5.65 Å². The summed E-state index contributed by atoms with van der Waals surface area (Å²) in [5.74, 6) is 0.507. The van der Waals surface area contributed by atoms with Gasteiger partial charge in [-0.05, 0) is 59.3 Å². The number of halogens is 2. The van der Waals surface area contributed by atoms with Crippen molar-refractivity contribution < 1.29 is 14.3 Å². The highest BCUT2D eigenvalue weighted by molar-refractivity contribution is 9.10. The second-order valence-electron chi connectivity index (χ2n) is 8.22. The molecule has 2 fully saturated rings. The maximum absolute atomic E-state index is 13.8. The Bertz CT molecular complexity index is 1150. The lowest BCUT2D eigenvalue weighted by atomic mass is 10.2. The average molecular weight is 504 g/mol. The second kappa shape index (κ2) is 8.28. The number of benzene rings is 1. The topological polar surface area (TPSA) is 108 Å². The molecule has 0 radical (unpaired) electrons. The number of aromatic nitrogens is 4. The molecular formula is C21H23BrFN7O2. The smallest absolute Gasteiger partial charge is 0.262 e. The van der Waals surface area contributed by atoms with Crippen LogP contribution in [-0.4, -0.2) is 55.5 Å². The maximum atomic E-state index is 13.8. The number of rotatable bonds is 7. The van der Waals surface area contributed by atoms with Gasteiger partial charge in [0.15, 0.2) is 11.3 Å². The van der Waals surface area contributed by atoms with Crippen molar-refractivity contribution in [2.45, 2.75) is 43.9 Å². The van der Waals surface area contributed by atoms with Gasteiger partial charge in [-0.3, -0.25) is 4.79 Å². The van der Waals surface area contributed by atoms with Crippen LogP contribution in [-0.2, 0) is 11.3 Å². The highest BCUT2D eigenvalue weighted by atomic mass is 79.9. The number of alkyl halides is 1. The van der Waals surface area contributed by atoms with E-state index in [4.69, 9.17) is 0 Å². The largest absolute Gasteiger partial charge is 0.394 e. The third kappa shape index (κ3) is 4.02. The summed E-state index contributed by atoms with van der Waals surface area (Å²) in [4.78, 5) is 23.2. The van der Waals surface area contributed by atoms with Crippen LogP contribution >= 0.6 is 15.9 Å². The summed E-state index contributed by atoms with van der Waals surface area (Å²) in [5.41, 5.74) is 0.464. The van der Waals surface area contributed by atoms with Gasteiger partial charge in [-0.2, -0.15) is 19.6 Å². The van der Waals surface area contributed by atoms with Gasteiger partial charge < -0.3 is 20.6 Å². The lowest BCUT2D eigenvalue weighted by Crippen LogP contribution is -2.34. The molecule has 1 saturated carbocycles. The molecule has 3 heterocycles. The molecule has 1 aliphatic carbocycles. The Hall–Kier alpha value is -2.79. The Labute approximate surface area is 192 Å². The summed E-state index contributed by atoms with van der Waals surface area (Å²) in [6.45, 7) is 1.32. The van der Waals surface area contributed by atoms with E-state index in [-0.39, 0.29) is 25.5 Å². The molecule has 3 aromatic rings. The molecule has 9 nitrogen and oxygen atoms in total. The van der Waals surface area contributed by atoms with Crippen LogP contribution in [0, 0.1) is 0 Å². The monoisotopic (exact) mass is 503 g/mol. The van der Waals surface area contributed by atoms with Crippen LogP contribution in [0.15, 0.2) is 34.9 Å². The van der Waals surface area contributed by atoms with E-state index in [2.05, 4.69) is 41.6 Å². The highest BCUT2D eigenvalue weighted by Gasteiger charge is 2.50.